The Kier molecular flexibility index (Phi) is 5.98. The number of nitrogens with two attached hydrogens (primary N) is 2. The van der Waals surface area contributed by atoms with Gasteiger partial charge in [-0.15, -0.1) is 0 Å². The van der Waals surface area contributed by atoms with Gasteiger partial charge in [0.1, 0.15) is 24.4 Å². The topological polar surface area (TPSA) is 145 Å². The lowest BCUT2D eigenvalue weighted by Gasteiger charge is -2.42. The first-order valence-electron chi connectivity index (χ1n) is 6.22. The van der Waals surface area contributed by atoms with Crippen molar-refractivity contribution in [1.29, 1.82) is 0 Å². The summed E-state index contributed by atoms with van der Waals surface area (Å²) in [6.07, 6.45) is -3.48. The molecule has 8 heteroatoms. The Labute approximate surface area is 111 Å². The van der Waals surface area contributed by atoms with Crippen molar-refractivity contribution in [2.45, 2.75) is 50.4 Å². The van der Waals surface area contributed by atoms with Gasteiger partial charge in [0.15, 0.2) is 6.23 Å². The number of hydrogen-bond acceptors (Lipinski definition) is 8. The predicted molar refractivity (Wildman–Crippen MR) is 67.0 cm³/mol. The molecule has 5 atom stereocenters. The van der Waals surface area contributed by atoms with Crippen molar-refractivity contribution in [1.82, 2.24) is 5.01 Å². The first-order chi connectivity index (χ1) is 8.92. The summed E-state index contributed by atoms with van der Waals surface area (Å²) in [5.41, 5.74) is 6.21. The standard InChI is InChI=1S/C11H23N3O5/c1-2-3-6(12)4-14(13)11-10(18)9(17)8(16)7(5-15)19-11/h4,7-11,15-18H,2-3,5,12-13H2,1H3/b6-4-. The Morgan fingerprint density at radius 3 is 2.42 bits per heavy atom. The van der Waals surface area contributed by atoms with Gasteiger partial charge in [0, 0.05) is 11.9 Å². The van der Waals surface area contributed by atoms with E-state index in [1.165, 1.54) is 6.20 Å². The maximum absolute atomic E-state index is 9.83. The maximum atomic E-state index is 9.83. The fourth-order valence-corrected chi connectivity index (χ4v) is 1.95. The third-order valence-electron chi connectivity index (χ3n) is 3.01. The van der Waals surface area contributed by atoms with E-state index in [-0.39, 0.29) is 0 Å². The van der Waals surface area contributed by atoms with Crippen molar-refractivity contribution < 1.29 is 25.2 Å². The van der Waals surface area contributed by atoms with Crippen molar-refractivity contribution in [3.8, 4) is 0 Å². The van der Waals surface area contributed by atoms with E-state index in [1.807, 2.05) is 6.92 Å². The molecule has 1 aliphatic rings. The molecular weight excluding hydrogens is 254 g/mol. The highest BCUT2D eigenvalue weighted by molar-refractivity contribution is 4.98. The Hall–Kier alpha value is -0.900. The first kappa shape index (κ1) is 16.2. The molecule has 0 aromatic carbocycles. The highest BCUT2D eigenvalue weighted by atomic mass is 16.6. The molecule has 0 radical (unpaired) electrons. The minimum atomic E-state index is -1.46. The molecule has 8 N–H and O–H groups in total. The van der Waals surface area contributed by atoms with Crippen LogP contribution in [0, 0.1) is 0 Å². The number of allylic oxidation sites excluding steroid dienone is 1. The lowest BCUT2D eigenvalue weighted by molar-refractivity contribution is -0.259. The quantitative estimate of drug-likeness (QED) is 0.240. The Morgan fingerprint density at radius 1 is 1.26 bits per heavy atom. The number of ether oxygens (including phenoxy) is 1. The number of aliphatic hydroxyl groups excluding tert-OH is 4. The average Bonchev–Trinajstić information content (AvgIpc) is 2.36. The van der Waals surface area contributed by atoms with Crippen LogP contribution in [0.3, 0.4) is 0 Å². The molecule has 1 rings (SSSR count). The number of hydrogen-bond donors (Lipinski definition) is 6. The van der Waals surface area contributed by atoms with Crippen molar-refractivity contribution in [2.24, 2.45) is 11.6 Å². The lowest BCUT2D eigenvalue weighted by atomic mass is 9.98. The molecular formula is C11H23N3O5. The van der Waals surface area contributed by atoms with Gasteiger partial charge in [-0.3, -0.25) is 5.01 Å². The fourth-order valence-electron chi connectivity index (χ4n) is 1.95. The van der Waals surface area contributed by atoms with Gasteiger partial charge < -0.3 is 30.9 Å². The molecule has 1 heterocycles. The summed E-state index contributed by atoms with van der Waals surface area (Å²) in [7, 11) is 0. The van der Waals surface area contributed by atoms with E-state index in [4.69, 9.17) is 21.4 Å². The Balaban J connectivity index is 2.78. The van der Waals surface area contributed by atoms with Crippen LogP contribution in [0.5, 0.6) is 0 Å². The largest absolute Gasteiger partial charge is 0.401 e. The van der Waals surface area contributed by atoms with Crippen molar-refractivity contribution in [3.63, 3.8) is 0 Å². The first-order valence-corrected chi connectivity index (χ1v) is 6.22. The third-order valence-corrected chi connectivity index (χ3v) is 3.01. The van der Waals surface area contributed by atoms with Crippen molar-refractivity contribution >= 4 is 0 Å². The molecule has 19 heavy (non-hydrogen) atoms. The van der Waals surface area contributed by atoms with E-state index in [2.05, 4.69) is 0 Å². The smallest absolute Gasteiger partial charge is 0.172 e. The summed E-state index contributed by atoms with van der Waals surface area (Å²) < 4.78 is 5.26. The van der Waals surface area contributed by atoms with Gasteiger partial charge in [-0.1, -0.05) is 13.3 Å². The number of aliphatic hydroxyl groups is 4. The normalized spacial score (nSPS) is 36.3. The van der Waals surface area contributed by atoms with Crippen LogP contribution in [-0.2, 0) is 4.74 Å². The van der Waals surface area contributed by atoms with Crippen LogP contribution in [0.4, 0.5) is 0 Å². The van der Waals surface area contributed by atoms with Gasteiger partial charge in [0.2, 0.25) is 0 Å². The van der Waals surface area contributed by atoms with Gasteiger partial charge in [0.05, 0.1) is 6.61 Å². The summed E-state index contributed by atoms with van der Waals surface area (Å²) in [5, 5.41) is 39.2. The monoisotopic (exact) mass is 277 g/mol. The second-order valence-electron chi connectivity index (χ2n) is 4.62. The zero-order valence-corrected chi connectivity index (χ0v) is 10.9. The van der Waals surface area contributed by atoms with Crippen LogP contribution in [0.15, 0.2) is 11.9 Å². The van der Waals surface area contributed by atoms with Crippen molar-refractivity contribution in [2.75, 3.05) is 6.61 Å². The molecule has 1 fully saturated rings. The molecule has 112 valence electrons. The molecule has 0 bridgehead atoms. The summed E-state index contributed by atoms with van der Waals surface area (Å²) in [6.45, 7) is 1.46. The second kappa shape index (κ2) is 7.04. The van der Waals surface area contributed by atoms with Crippen LogP contribution in [0.25, 0.3) is 0 Å². The van der Waals surface area contributed by atoms with E-state index < -0.39 is 37.3 Å². The average molecular weight is 277 g/mol. The van der Waals surface area contributed by atoms with Gasteiger partial charge in [0.25, 0.3) is 0 Å². The summed E-state index contributed by atoms with van der Waals surface area (Å²) in [5.74, 6) is 5.71. The van der Waals surface area contributed by atoms with Crippen LogP contribution in [0.2, 0.25) is 0 Å². The molecule has 8 nitrogen and oxygen atoms in total. The highest BCUT2D eigenvalue weighted by Gasteiger charge is 2.44. The van der Waals surface area contributed by atoms with E-state index >= 15 is 0 Å². The van der Waals surface area contributed by atoms with E-state index in [9.17, 15) is 15.3 Å². The predicted octanol–water partition coefficient (Wildman–Crippen LogP) is -2.44. The Bertz CT molecular complexity index is 313. The minimum Gasteiger partial charge on any atom is -0.401 e. The van der Waals surface area contributed by atoms with Crippen LogP contribution in [0.1, 0.15) is 19.8 Å². The minimum absolute atomic E-state index is 0.497. The third kappa shape index (κ3) is 3.78. The zero-order valence-electron chi connectivity index (χ0n) is 10.9. The summed E-state index contributed by atoms with van der Waals surface area (Å²) >= 11 is 0. The molecule has 0 amide bonds. The molecule has 0 aliphatic carbocycles. The summed E-state index contributed by atoms with van der Waals surface area (Å²) in [6, 6.07) is 0. The van der Waals surface area contributed by atoms with Crippen LogP contribution < -0.4 is 11.6 Å². The molecule has 5 unspecified atom stereocenters. The molecule has 1 aliphatic heterocycles. The Morgan fingerprint density at radius 2 is 1.89 bits per heavy atom. The summed E-state index contributed by atoms with van der Waals surface area (Å²) in [4.78, 5) is 0. The molecule has 1 saturated heterocycles. The van der Waals surface area contributed by atoms with Gasteiger partial charge in [-0.2, -0.15) is 0 Å². The maximum Gasteiger partial charge on any atom is 0.172 e. The number of hydrazine groups is 1. The van der Waals surface area contributed by atoms with Crippen molar-refractivity contribution in [3.05, 3.63) is 11.9 Å². The molecule has 0 spiro atoms. The van der Waals surface area contributed by atoms with Gasteiger partial charge >= 0.3 is 0 Å². The van der Waals surface area contributed by atoms with Gasteiger partial charge in [-0.05, 0) is 6.42 Å². The van der Waals surface area contributed by atoms with E-state index in [1.54, 1.807) is 0 Å². The lowest BCUT2D eigenvalue weighted by Crippen LogP contribution is -2.63. The van der Waals surface area contributed by atoms with E-state index in [0.29, 0.717) is 12.1 Å². The molecule has 0 saturated carbocycles. The fraction of sp³-hybridized carbons (Fsp3) is 0.818. The van der Waals surface area contributed by atoms with Crippen LogP contribution >= 0.6 is 0 Å². The number of rotatable bonds is 5. The highest BCUT2D eigenvalue weighted by Crippen LogP contribution is 2.22. The van der Waals surface area contributed by atoms with E-state index in [0.717, 1.165) is 11.4 Å². The second-order valence-corrected chi connectivity index (χ2v) is 4.62. The number of nitrogens with zero attached hydrogens (tertiary/aromatic N) is 1. The SMILES string of the molecule is CCC/C(N)=C/N(N)C1OC(CO)C(O)C(O)C1O. The van der Waals surface area contributed by atoms with Gasteiger partial charge in [-0.25, -0.2) is 5.84 Å². The van der Waals surface area contributed by atoms with Crippen LogP contribution in [-0.4, -0.2) is 62.7 Å². The molecule has 0 aromatic rings. The zero-order chi connectivity index (χ0) is 14.6. The molecule has 0 aromatic heterocycles.